The Bertz CT molecular complexity index is 1450. The second kappa shape index (κ2) is 9.03. The second-order valence-corrected chi connectivity index (χ2v) is 8.39. The summed E-state index contributed by atoms with van der Waals surface area (Å²) in [6, 6.07) is 18.0. The number of ether oxygens (including phenoxy) is 1. The quantitative estimate of drug-likeness (QED) is 0.401. The number of nitrogens with one attached hydrogen (secondary N) is 1. The summed E-state index contributed by atoms with van der Waals surface area (Å²) in [6.07, 6.45) is -4.80. The first-order chi connectivity index (χ1) is 17.2. The fourth-order valence-corrected chi connectivity index (χ4v) is 4.32. The molecule has 1 unspecified atom stereocenters. The number of carbonyl (C=O) groups is 2. The number of fused-ring (bicyclic) bond motifs is 3. The predicted molar refractivity (Wildman–Crippen MR) is 128 cm³/mol. The molecule has 1 atom stereocenters. The minimum atomic E-state index is -4.53. The van der Waals surface area contributed by atoms with Crippen LogP contribution in [0, 0.1) is 0 Å². The van der Waals surface area contributed by atoms with Crippen LogP contribution in [0.4, 0.5) is 24.8 Å². The third-order valence-corrected chi connectivity index (χ3v) is 6.03. The Labute approximate surface area is 204 Å². The fraction of sp³-hybridized carbons (Fsp3) is 0.192. The maximum Gasteiger partial charge on any atom is 0.416 e. The molecule has 36 heavy (non-hydrogen) atoms. The maximum atomic E-state index is 13.5. The van der Waals surface area contributed by atoms with Crippen LogP contribution in [0.3, 0.4) is 0 Å². The Balaban J connectivity index is 1.42. The third-order valence-electron chi connectivity index (χ3n) is 6.03. The van der Waals surface area contributed by atoms with Gasteiger partial charge < -0.3 is 10.1 Å². The molecular formula is C26H21F3N4O3. The summed E-state index contributed by atoms with van der Waals surface area (Å²) in [5.41, 5.74) is 1.34. The highest BCUT2D eigenvalue weighted by atomic mass is 19.4. The number of amides is 2. The van der Waals surface area contributed by atoms with E-state index in [0.717, 1.165) is 17.7 Å². The van der Waals surface area contributed by atoms with Crippen molar-refractivity contribution in [2.75, 3.05) is 17.3 Å². The van der Waals surface area contributed by atoms with Gasteiger partial charge in [0.1, 0.15) is 11.8 Å². The number of hydrogen-bond donors (Lipinski definition) is 1. The molecule has 7 nitrogen and oxygen atoms in total. The summed E-state index contributed by atoms with van der Waals surface area (Å²) >= 11 is 0. The number of nitrogens with zero attached hydrogens (tertiary/aromatic N) is 3. The number of carbonyl (C=O) groups excluding carboxylic acids is 2. The van der Waals surface area contributed by atoms with Crippen molar-refractivity contribution in [3.63, 3.8) is 0 Å². The molecule has 1 aliphatic rings. The first-order valence-electron chi connectivity index (χ1n) is 11.1. The standard InChI is InChI=1S/C26H21F3N4O3/c1-36-19-11-9-16(10-12-19)15-32-24(35)22(33-21-8-3-2-7-20(21)31-25(32)33)14-23(34)30-18-6-4-5-17(13-18)26(27,28)29/h2-13,22H,14-15H2,1H3,(H,30,34). The number of halogens is 3. The number of rotatable bonds is 6. The van der Waals surface area contributed by atoms with E-state index >= 15 is 0 Å². The molecule has 0 aliphatic carbocycles. The average molecular weight is 494 g/mol. The molecule has 0 saturated heterocycles. The first kappa shape index (κ1) is 23.4. The molecule has 5 rings (SSSR count). The van der Waals surface area contributed by atoms with Gasteiger partial charge in [-0.25, -0.2) is 4.98 Å². The largest absolute Gasteiger partial charge is 0.497 e. The van der Waals surface area contributed by atoms with Gasteiger partial charge in [-0.1, -0.05) is 30.3 Å². The van der Waals surface area contributed by atoms with Crippen LogP contribution >= 0.6 is 0 Å². The molecule has 2 amide bonds. The molecular weight excluding hydrogens is 473 g/mol. The zero-order valence-corrected chi connectivity index (χ0v) is 19.1. The molecule has 1 N–H and O–H groups in total. The number of methoxy groups -OCH3 is 1. The predicted octanol–water partition coefficient (Wildman–Crippen LogP) is 5.18. The molecule has 1 aromatic heterocycles. The summed E-state index contributed by atoms with van der Waals surface area (Å²) < 4.78 is 46.0. The molecule has 10 heteroatoms. The molecule has 0 spiro atoms. The normalized spacial score (nSPS) is 15.3. The highest BCUT2D eigenvalue weighted by Crippen LogP contribution is 2.38. The van der Waals surface area contributed by atoms with E-state index in [2.05, 4.69) is 10.3 Å². The van der Waals surface area contributed by atoms with Crippen LogP contribution in [-0.4, -0.2) is 28.5 Å². The summed E-state index contributed by atoms with van der Waals surface area (Å²) in [7, 11) is 1.57. The van der Waals surface area contributed by atoms with E-state index in [1.54, 1.807) is 23.8 Å². The van der Waals surface area contributed by atoms with Gasteiger partial charge in [-0.3, -0.25) is 19.1 Å². The van der Waals surface area contributed by atoms with Crippen LogP contribution in [0.15, 0.2) is 72.8 Å². The van der Waals surface area contributed by atoms with E-state index in [1.807, 2.05) is 36.4 Å². The van der Waals surface area contributed by atoms with Crippen LogP contribution in [0.5, 0.6) is 5.75 Å². The molecule has 1 aliphatic heterocycles. The van der Waals surface area contributed by atoms with E-state index in [-0.39, 0.29) is 24.6 Å². The van der Waals surface area contributed by atoms with E-state index in [4.69, 9.17) is 4.74 Å². The molecule has 184 valence electrons. The van der Waals surface area contributed by atoms with Gasteiger partial charge in [-0.15, -0.1) is 0 Å². The lowest BCUT2D eigenvalue weighted by Gasteiger charge is -2.16. The third kappa shape index (κ3) is 4.37. The van der Waals surface area contributed by atoms with Gasteiger partial charge in [-0.05, 0) is 48.0 Å². The zero-order chi connectivity index (χ0) is 25.4. The van der Waals surface area contributed by atoms with Crippen LogP contribution in [0.2, 0.25) is 0 Å². The lowest BCUT2D eigenvalue weighted by Crippen LogP contribution is -2.31. The van der Waals surface area contributed by atoms with Crippen molar-refractivity contribution >= 4 is 34.5 Å². The van der Waals surface area contributed by atoms with Gasteiger partial charge >= 0.3 is 6.18 Å². The van der Waals surface area contributed by atoms with Crippen molar-refractivity contribution in [3.8, 4) is 5.75 Å². The van der Waals surface area contributed by atoms with E-state index in [1.165, 1.54) is 17.0 Å². The van der Waals surface area contributed by atoms with Gasteiger partial charge in [0.05, 0.1) is 36.7 Å². The van der Waals surface area contributed by atoms with Crippen molar-refractivity contribution in [3.05, 3.63) is 83.9 Å². The van der Waals surface area contributed by atoms with Crippen molar-refractivity contribution in [2.45, 2.75) is 25.2 Å². The highest BCUT2D eigenvalue weighted by Gasteiger charge is 2.41. The molecule has 0 bridgehead atoms. The van der Waals surface area contributed by atoms with Crippen molar-refractivity contribution in [2.24, 2.45) is 0 Å². The number of para-hydroxylation sites is 2. The van der Waals surface area contributed by atoms with Gasteiger partial charge in [0.25, 0.3) is 5.91 Å². The maximum absolute atomic E-state index is 13.5. The van der Waals surface area contributed by atoms with Crippen LogP contribution in [0.1, 0.15) is 23.6 Å². The number of aromatic nitrogens is 2. The van der Waals surface area contributed by atoms with Crippen molar-refractivity contribution in [1.82, 2.24) is 9.55 Å². The van der Waals surface area contributed by atoms with Crippen LogP contribution in [0.25, 0.3) is 11.0 Å². The van der Waals surface area contributed by atoms with Gasteiger partial charge in [0.2, 0.25) is 11.9 Å². The molecule has 0 saturated carbocycles. The minimum Gasteiger partial charge on any atom is -0.497 e. The van der Waals surface area contributed by atoms with Gasteiger partial charge in [-0.2, -0.15) is 13.2 Å². The Morgan fingerprint density at radius 3 is 2.53 bits per heavy atom. The van der Waals surface area contributed by atoms with Crippen molar-refractivity contribution < 1.29 is 27.5 Å². The summed E-state index contributed by atoms with van der Waals surface area (Å²) in [6.45, 7) is 0.234. The molecule has 0 fully saturated rings. The van der Waals surface area contributed by atoms with E-state index in [0.29, 0.717) is 22.7 Å². The molecule has 3 aromatic carbocycles. The van der Waals surface area contributed by atoms with Crippen LogP contribution < -0.4 is 15.0 Å². The summed E-state index contributed by atoms with van der Waals surface area (Å²) in [4.78, 5) is 32.5. The first-order valence-corrected chi connectivity index (χ1v) is 11.1. The smallest absolute Gasteiger partial charge is 0.416 e. The number of hydrogen-bond acceptors (Lipinski definition) is 4. The molecule has 2 heterocycles. The fourth-order valence-electron chi connectivity index (χ4n) is 4.32. The minimum absolute atomic E-state index is 0.00562. The number of benzene rings is 3. The van der Waals surface area contributed by atoms with E-state index < -0.39 is 23.7 Å². The average Bonchev–Trinajstić information content (AvgIpc) is 3.35. The SMILES string of the molecule is COc1ccc(CN2C(=O)C(CC(=O)Nc3cccc(C(F)(F)F)c3)n3c2nc2ccccc23)cc1. The summed E-state index contributed by atoms with van der Waals surface area (Å²) in [5.74, 6) is 0.192. The zero-order valence-electron chi connectivity index (χ0n) is 19.1. The highest BCUT2D eigenvalue weighted by molar-refractivity contribution is 6.05. The Morgan fingerprint density at radius 2 is 1.81 bits per heavy atom. The number of anilines is 2. The summed E-state index contributed by atoms with van der Waals surface area (Å²) in [5, 5.41) is 2.49. The second-order valence-electron chi connectivity index (χ2n) is 8.39. The lowest BCUT2D eigenvalue weighted by atomic mass is 10.1. The van der Waals surface area contributed by atoms with Gasteiger partial charge in [0.15, 0.2) is 0 Å². The molecule has 4 aromatic rings. The molecule has 0 radical (unpaired) electrons. The van der Waals surface area contributed by atoms with Gasteiger partial charge in [0, 0.05) is 5.69 Å². The monoisotopic (exact) mass is 494 g/mol. The topological polar surface area (TPSA) is 76.5 Å². The Morgan fingerprint density at radius 1 is 1.06 bits per heavy atom. The number of imidazole rings is 1. The van der Waals surface area contributed by atoms with E-state index in [9.17, 15) is 22.8 Å². The van der Waals surface area contributed by atoms with Crippen LogP contribution in [-0.2, 0) is 22.3 Å². The Hall–Kier alpha value is -4.34. The Kier molecular flexibility index (Phi) is 5.87. The lowest BCUT2D eigenvalue weighted by molar-refractivity contribution is -0.137. The van der Waals surface area contributed by atoms with Crippen molar-refractivity contribution in [1.29, 1.82) is 0 Å². The number of alkyl halides is 3.